The summed E-state index contributed by atoms with van der Waals surface area (Å²) in [6.45, 7) is 4.14. The molecule has 0 bridgehead atoms. The van der Waals surface area contributed by atoms with Crippen molar-refractivity contribution in [1.82, 2.24) is 9.97 Å². The molecule has 1 fully saturated rings. The van der Waals surface area contributed by atoms with Gasteiger partial charge in [0.25, 0.3) is 0 Å². The average Bonchev–Trinajstić information content (AvgIpc) is 2.13. The van der Waals surface area contributed by atoms with Gasteiger partial charge >= 0.3 is 0 Å². The number of hydrogen-bond donors (Lipinski definition) is 3. The number of hydrogen-bond acceptors (Lipinski definition) is 5. The molecule has 1 aliphatic carbocycles. The van der Waals surface area contributed by atoms with Gasteiger partial charge in [0.2, 0.25) is 5.95 Å². The minimum Gasteiger partial charge on any atom is -0.367 e. The van der Waals surface area contributed by atoms with E-state index >= 15 is 0 Å². The number of nitrogen functional groups attached to an aromatic ring is 1. The first kappa shape index (κ1) is 11.1. The van der Waals surface area contributed by atoms with Crippen LogP contribution in [0.3, 0.4) is 0 Å². The Hall–Kier alpha value is -1.36. The predicted octanol–water partition coefficient (Wildman–Crippen LogP) is 1.67. The fraction of sp³-hybridized carbons (Fsp3) is 0.636. The van der Waals surface area contributed by atoms with Gasteiger partial charge in [-0.3, -0.25) is 5.43 Å². The summed E-state index contributed by atoms with van der Waals surface area (Å²) < 4.78 is 0. The molecule has 0 spiro atoms. The van der Waals surface area contributed by atoms with Crippen molar-refractivity contribution in [2.75, 3.05) is 10.7 Å². The van der Waals surface area contributed by atoms with Gasteiger partial charge in [-0.05, 0) is 32.6 Å². The molecule has 1 aromatic rings. The van der Waals surface area contributed by atoms with Crippen LogP contribution in [0.2, 0.25) is 0 Å². The van der Waals surface area contributed by atoms with Gasteiger partial charge in [-0.2, -0.15) is 4.98 Å². The highest BCUT2D eigenvalue weighted by Crippen LogP contribution is 2.30. The van der Waals surface area contributed by atoms with Crippen LogP contribution in [0, 0.1) is 12.8 Å². The number of nitrogens with two attached hydrogens (primary N) is 1. The Bertz CT molecular complexity index is 361. The number of hydrazine groups is 1. The summed E-state index contributed by atoms with van der Waals surface area (Å²) >= 11 is 0. The normalized spacial score (nSPS) is 17.7. The van der Waals surface area contributed by atoms with E-state index in [1.807, 2.05) is 13.0 Å². The van der Waals surface area contributed by atoms with Crippen LogP contribution in [0.1, 0.15) is 31.9 Å². The van der Waals surface area contributed by atoms with Gasteiger partial charge < -0.3 is 5.32 Å². The maximum absolute atomic E-state index is 5.31. The van der Waals surface area contributed by atoms with Crippen LogP contribution in [0.25, 0.3) is 0 Å². The maximum atomic E-state index is 5.31. The molecule has 1 atom stereocenters. The second-order valence-electron chi connectivity index (χ2n) is 4.49. The van der Waals surface area contributed by atoms with Gasteiger partial charge in [-0.1, -0.05) is 6.42 Å². The van der Waals surface area contributed by atoms with Gasteiger partial charge in [0.05, 0.1) is 0 Å². The van der Waals surface area contributed by atoms with E-state index in [4.69, 9.17) is 5.84 Å². The minimum atomic E-state index is 0.461. The van der Waals surface area contributed by atoms with Crippen molar-refractivity contribution in [1.29, 1.82) is 0 Å². The van der Waals surface area contributed by atoms with E-state index in [-0.39, 0.29) is 0 Å². The summed E-state index contributed by atoms with van der Waals surface area (Å²) in [6, 6.07) is 2.41. The van der Waals surface area contributed by atoms with Crippen LogP contribution in [0.15, 0.2) is 6.07 Å². The van der Waals surface area contributed by atoms with Crippen LogP contribution in [-0.4, -0.2) is 16.0 Å². The summed E-state index contributed by atoms with van der Waals surface area (Å²) in [6.07, 6.45) is 4.00. The van der Waals surface area contributed by atoms with Crippen molar-refractivity contribution in [2.45, 2.75) is 39.2 Å². The molecule has 1 heterocycles. The van der Waals surface area contributed by atoms with E-state index in [2.05, 4.69) is 27.6 Å². The molecule has 1 unspecified atom stereocenters. The largest absolute Gasteiger partial charge is 0.367 e. The molecule has 5 heteroatoms. The Balaban J connectivity index is 2.04. The Kier molecular flexibility index (Phi) is 3.24. The Morgan fingerprint density at radius 3 is 2.75 bits per heavy atom. The van der Waals surface area contributed by atoms with Crippen LogP contribution in [-0.2, 0) is 0 Å². The summed E-state index contributed by atoms with van der Waals surface area (Å²) in [5, 5.41) is 3.41. The molecular formula is C11H19N5. The Labute approximate surface area is 95.8 Å². The van der Waals surface area contributed by atoms with E-state index in [1.165, 1.54) is 19.3 Å². The van der Waals surface area contributed by atoms with Gasteiger partial charge in [-0.25, -0.2) is 10.8 Å². The summed E-state index contributed by atoms with van der Waals surface area (Å²) in [5.74, 6) is 7.40. The van der Waals surface area contributed by atoms with E-state index in [1.54, 1.807) is 0 Å². The molecule has 0 aliphatic heterocycles. The lowest BCUT2D eigenvalue weighted by Crippen LogP contribution is -2.31. The standard InChI is InChI=1S/C11H19N5/c1-7-6-10(15-11(13-7)16-12)14-8(2)9-4-3-5-9/h6,8-9H,3-5,12H2,1-2H3,(H2,13,14,15,16). The second-order valence-corrected chi connectivity index (χ2v) is 4.49. The fourth-order valence-electron chi connectivity index (χ4n) is 2.00. The molecule has 0 radical (unpaired) electrons. The van der Waals surface area contributed by atoms with Crippen molar-refractivity contribution in [3.63, 3.8) is 0 Å². The zero-order valence-corrected chi connectivity index (χ0v) is 9.83. The zero-order valence-electron chi connectivity index (χ0n) is 9.83. The SMILES string of the molecule is Cc1cc(NC(C)C2CCC2)nc(NN)n1. The number of nitrogens with one attached hydrogen (secondary N) is 2. The quantitative estimate of drug-likeness (QED) is 0.532. The molecule has 4 N–H and O–H groups in total. The lowest BCUT2D eigenvalue weighted by molar-refractivity contribution is 0.285. The third kappa shape index (κ3) is 2.41. The molecule has 1 saturated carbocycles. The first-order valence-electron chi connectivity index (χ1n) is 5.78. The van der Waals surface area contributed by atoms with Gasteiger partial charge in [-0.15, -0.1) is 0 Å². The van der Waals surface area contributed by atoms with Crippen LogP contribution < -0.4 is 16.6 Å². The summed E-state index contributed by atoms with van der Waals surface area (Å²) in [7, 11) is 0. The number of aryl methyl sites for hydroxylation is 1. The average molecular weight is 221 g/mol. The molecule has 0 aromatic carbocycles. The Morgan fingerprint density at radius 1 is 1.44 bits per heavy atom. The van der Waals surface area contributed by atoms with E-state index < -0.39 is 0 Å². The molecule has 5 nitrogen and oxygen atoms in total. The first-order valence-corrected chi connectivity index (χ1v) is 5.78. The summed E-state index contributed by atoms with van der Waals surface area (Å²) in [5.41, 5.74) is 3.38. The number of anilines is 2. The molecule has 88 valence electrons. The smallest absolute Gasteiger partial charge is 0.239 e. The molecule has 1 aromatic heterocycles. The molecular weight excluding hydrogens is 202 g/mol. The second kappa shape index (κ2) is 4.65. The van der Waals surface area contributed by atoms with E-state index in [0.717, 1.165) is 17.4 Å². The van der Waals surface area contributed by atoms with Crippen molar-refractivity contribution in [2.24, 2.45) is 11.8 Å². The fourth-order valence-corrected chi connectivity index (χ4v) is 2.00. The lowest BCUT2D eigenvalue weighted by Gasteiger charge is -2.32. The molecule has 1 aliphatic rings. The van der Waals surface area contributed by atoms with Crippen molar-refractivity contribution < 1.29 is 0 Å². The maximum Gasteiger partial charge on any atom is 0.239 e. The number of nitrogens with zero attached hydrogens (tertiary/aromatic N) is 2. The highest BCUT2D eigenvalue weighted by Gasteiger charge is 2.23. The van der Waals surface area contributed by atoms with Gasteiger partial charge in [0.15, 0.2) is 0 Å². The van der Waals surface area contributed by atoms with Gasteiger partial charge in [0.1, 0.15) is 5.82 Å². The molecule has 0 saturated heterocycles. The van der Waals surface area contributed by atoms with Crippen molar-refractivity contribution >= 4 is 11.8 Å². The first-order chi connectivity index (χ1) is 7.69. The molecule has 0 amide bonds. The van der Waals surface area contributed by atoms with E-state index in [0.29, 0.717) is 12.0 Å². The Morgan fingerprint density at radius 2 is 2.19 bits per heavy atom. The predicted molar refractivity (Wildman–Crippen MR) is 65.0 cm³/mol. The van der Waals surface area contributed by atoms with Gasteiger partial charge in [0, 0.05) is 17.8 Å². The zero-order chi connectivity index (χ0) is 11.5. The monoisotopic (exact) mass is 221 g/mol. The highest BCUT2D eigenvalue weighted by molar-refractivity contribution is 5.42. The third-order valence-corrected chi connectivity index (χ3v) is 3.22. The third-order valence-electron chi connectivity index (χ3n) is 3.22. The van der Waals surface area contributed by atoms with E-state index in [9.17, 15) is 0 Å². The van der Waals surface area contributed by atoms with Crippen LogP contribution in [0.4, 0.5) is 11.8 Å². The van der Waals surface area contributed by atoms with Crippen molar-refractivity contribution in [3.8, 4) is 0 Å². The minimum absolute atomic E-state index is 0.461. The highest BCUT2D eigenvalue weighted by atomic mass is 15.3. The topological polar surface area (TPSA) is 75.9 Å². The van der Waals surface area contributed by atoms with Crippen LogP contribution in [0.5, 0.6) is 0 Å². The summed E-state index contributed by atoms with van der Waals surface area (Å²) in [4.78, 5) is 8.43. The number of aromatic nitrogens is 2. The van der Waals surface area contributed by atoms with Crippen molar-refractivity contribution in [3.05, 3.63) is 11.8 Å². The van der Waals surface area contributed by atoms with Crippen LogP contribution >= 0.6 is 0 Å². The molecule has 16 heavy (non-hydrogen) atoms. The lowest BCUT2D eigenvalue weighted by atomic mass is 9.80. The number of rotatable bonds is 4. The molecule has 2 rings (SSSR count).